The summed E-state index contributed by atoms with van der Waals surface area (Å²) in [5.41, 5.74) is 3.28. The summed E-state index contributed by atoms with van der Waals surface area (Å²) < 4.78 is 3.17. The van der Waals surface area contributed by atoms with E-state index < -0.39 is 0 Å². The zero-order valence-electron chi connectivity index (χ0n) is 16.5. The molecule has 0 spiro atoms. The van der Waals surface area contributed by atoms with Crippen molar-refractivity contribution in [3.05, 3.63) is 71.2 Å². The number of nitrogens with one attached hydrogen (secondary N) is 2. The van der Waals surface area contributed by atoms with Gasteiger partial charge in [-0.25, -0.2) is 9.36 Å². The van der Waals surface area contributed by atoms with Crippen molar-refractivity contribution in [1.82, 2.24) is 29.5 Å². The number of rotatable bonds is 7. The first-order valence-electron chi connectivity index (χ1n) is 9.42. The van der Waals surface area contributed by atoms with Gasteiger partial charge < -0.3 is 10.6 Å². The number of nitrogens with zero attached hydrogens (tertiary/aromatic N) is 6. The predicted molar refractivity (Wildman–Crippen MR) is 119 cm³/mol. The molecular weight excluding hydrogens is 439 g/mol. The first kappa shape index (κ1) is 20.8. The molecule has 0 fully saturated rings. The van der Waals surface area contributed by atoms with E-state index in [0.29, 0.717) is 22.1 Å². The minimum atomic E-state index is -0.251. The second-order valence-electron chi connectivity index (χ2n) is 6.57. The average molecular weight is 457 g/mol. The Bertz CT molecular complexity index is 1210. The van der Waals surface area contributed by atoms with Gasteiger partial charge in [0.15, 0.2) is 10.3 Å². The topological polar surface area (TPSA) is 103 Å². The van der Waals surface area contributed by atoms with Crippen molar-refractivity contribution >= 4 is 40.5 Å². The van der Waals surface area contributed by atoms with Gasteiger partial charge in [0.1, 0.15) is 0 Å². The quantitative estimate of drug-likeness (QED) is 0.438. The molecule has 9 nitrogen and oxygen atoms in total. The van der Waals surface area contributed by atoms with Crippen LogP contribution in [0.5, 0.6) is 0 Å². The van der Waals surface area contributed by atoms with E-state index in [1.807, 2.05) is 19.1 Å². The van der Waals surface area contributed by atoms with Gasteiger partial charge in [-0.05, 0) is 30.7 Å². The van der Waals surface area contributed by atoms with E-state index in [1.54, 1.807) is 52.6 Å². The monoisotopic (exact) mass is 456 g/mol. The van der Waals surface area contributed by atoms with E-state index in [-0.39, 0.29) is 17.5 Å². The SMILES string of the molecule is CCNc1cn(-c2cncc(CC(=O)Nc3cn(-c4cccnc4)nc3Cl)c2)nc1Cl. The Morgan fingerprint density at radius 2 is 1.71 bits per heavy atom. The molecule has 0 saturated carbocycles. The van der Waals surface area contributed by atoms with Crippen molar-refractivity contribution in [3.63, 3.8) is 0 Å². The first-order valence-corrected chi connectivity index (χ1v) is 10.2. The van der Waals surface area contributed by atoms with Crippen LogP contribution in [0.2, 0.25) is 10.3 Å². The van der Waals surface area contributed by atoms with Crippen LogP contribution >= 0.6 is 23.2 Å². The molecule has 1 amide bonds. The summed E-state index contributed by atoms with van der Waals surface area (Å²) in [7, 11) is 0. The predicted octanol–water partition coefficient (Wildman–Crippen LogP) is 3.77. The van der Waals surface area contributed by atoms with E-state index >= 15 is 0 Å². The van der Waals surface area contributed by atoms with Crippen LogP contribution in [0.25, 0.3) is 11.4 Å². The normalized spacial score (nSPS) is 10.8. The smallest absolute Gasteiger partial charge is 0.228 e. The lowest BCUT2D eigenvalue weighted by molar-refractivity contribution is -0.115. The number of carbonyl (C=O) groups is 1. The largest absolute Gasteiger partial charge is 0.382 e. The average Bonchev–Trinajstić information content (AvgIpc) is 3.32. The molecule has 4 heterocycles. The lowest BCUT2D eigenvalue weighted by atomic mass is 10.2. The van der Waals surface area contributed by atoms with Gasteiger partial charge in [-0.2, -0.15) is 10.2 Å². The van der Waals surface area contributed by atoms with Crippen LogP contribution in [0, 0.1) is 0 Å². The maximum atomic E-state index is 12.6. The summed E-state index contributed by atoms with van der Waals surface area (Å²) in [6.45, 7) is 2.70. The van der Waals surface area contributed by atoms with Gasteiger partial charge in [-0.1, -0.05) is 23.2 Å². The van der Waals surface area contributed by atoms with Crippen LogP contribution in [0.3, 0.4) is 0 Å². The van der Waals surface area contributed by atoms with Crippen molar-refractivity contribution in [3.8, 4) is 11.4 Å². The Balaban J connectivity index is 1.47. The molecule has 4 aromatic rings. The van der Waals surface area contributed by atoms with Crippen LogP contribution < -0.4 is 10.6 Å². The third-order valence-electron chi connectivity index (χ3n) is 4.30. The van der Waals surface area contributed by atoms with Gasteiger partial charge >= 0.3 is 0 Å². The van der Waals surface area contributed by atoms with Gasteiger partial charge in [-0.3, -0.25) is 14.8 Å². The minimum Gasteiger partial charge on any atom is -0.382 e. The van der Waals surface area contributed by atoms with Gasteiger partial charge in [0.2, 0.25) is 5.91 Å². The summed E-state index contributed by atoms with van der Waals surface area (Å²) in [5.74, 6) is -0.251. The second-order valence-corrected chi connectivity index (χ2v) is 7.29. The summed E-state index contributed by atoms with van der Waals surface area (Å²) in [6, 6.07) is 5.45. The third kappa shape index (κ3) is 4.84. The van der Waals surface area contributed by atoms with Crippen molar-refractivity contribution in [1.29, 1.82) is 0 Å². The Labute approximate surface area is 188 Å². The maximum Gasteiger partial charge on any atom is 0.228 e. The van der Waals surface area contributed by atoms with Crippen molar-refractivity contribution in [2.24, 2.45) is 0 Å². The fourth-order valence-electron chi connectivity index (χ4n) is 2.93. The molecular formula is C20H18Cl2N8O. The maximum absolute atomic E-state index is 12.6. The molecule has 0 bridgehead atoms. The molecule has 31 heavy (non-hydrogen) atoms. The minimum absolute atomic E-state index is 0.101. The number of halogens is 2. The first-order chi connectivity index (χ1) is 15.0. The Morgan fingerprint density at radius 3 is 2.45 bits per heavy atom. The lowest BCUT2D eigenvalue weighted by Crippen LogP contribution is -2.14. The van der Waals surface area contributed by atoms with Crippen LogP contribution in [0.15, 0.2) is 55.4 Å². The molecule has 0 saturated heterocycles. The standard InChI is InChI=1S/C20H18Cl2N8O/c1-2-25-16-11-30(27-19(16)21)15-6-13(8-24-10-15)7-18(31)26-17-12-29(28-20(17)22)14-4-3-5-23-9-14/h3-6,8-12,25H,2,7H2,1H3,(H,26,31). The summed E-state index contributed by atoms with van der Waals surface area (Å²) >= 11 is 12.3. The fourth-order valence-corrected chi connectivity index (χ4v) is 3.30. The van der Waals surface area contributed by atoms with Crippen molar-refractivity contribution in [2.45, 2.75) is 13.3 Å². The zero-order chi connectivity index (χ0) is 21.8. The molecule has 4 aromatic heterocycles. The second kappa shape index (κ2) is 9.15. The van der Waals surface area contributed by atoms with Crippen molar-refractivity contribution < 1.29 is 4.79 Å². The summed E-state index contributed by atoms with van der Waals surface area (Å²) in [4.78, 5) is 20.8. The molecule has 0 atom stereocenters. The Hall–Kier alpha value is -3.43. The van der Waals surface area contributed by atoms with E-state index in [0.717, 1.165) is 17.9 Å². The number of anilines is 2. The molecule has 4 rings (SSSR count). The molecule has 0 aliphatic heterocycles. The molecule has 0 radical (unpaired) electrons. The van der Waals surface area contributed by atoms with Gasteiger partial charge in [0.05, 0.1) is 54.0 Å². The van der Waals surface area contributed by atoms with E-state index in [4.69, 9.17) is 23.2 Å². The van der Waals surface area contributed by atoms with Crippen LogP contribution in [-0.2, 0) is 11.2 Å². The molecule has 158 valence electrons. The fraction of sp³-hybridized carbons (Fsp3) is 0.150. The number of amides is 1. The molecule has 0 aliphatic carbocycles. The lowest BCUT2D eigenvalue weighted by Gasteiger charge is -2.06. The number of aromatic nitrogens is 6. The van der Waals surface area contributed by atoms with Crippen molar-refractivity contribution in [2.75, 3.05) is 17.2 Å². The summed E-state index contributed by atoms with van der Waals surface area (Å²) in [6.07, 6.45) is 10.1. The van der Waals surface area contributed by atoms with Crippen LogP contribution in [-0.4, -0.2) is 42.0 Å². The molecule has 2 N–H and O–H groups in total. The highest BCUT2D eigenvalue weighted by Gasteiger charge is 2.13. The highest BCUT2D eigenvalue weighted by molar-refractivity contribution is 6.32. The molecule has 0 aliphatic rings. The number of carbonyl (C=O) groups excluding carboxylic acids is 1. The third-order valence-corrected chi connectivity index (χ3v) is 4.86. The highest BCUT2D eigenvalue weighted by Crippen LogP contribution is 2.23. The number of hydrogen-bond donors (Lipinski definition) is 2. The Kier molecular flexibility index (Phi) is 6.15. The molecule has 0 unspecified atom stereocenters. The highest BCUT2D eigenvalue weighted by atomic mass is 35.5. The van der Waals surface area contributed by atoms with Crippen LogP contribution in [0.4, 0.5) is 11.4 Å². The Morgan fingerprint density at radius 1 is 1.00 bits per heavy atom. The zero-order valence-corrected chi connectivity index (χ0v) is 18.0. The van der Waals surface area contributed by atoms with Crippen LogP contribution in [0.1, 0.15) is 12.5 Å². The van der Waals surface area contributed by atoms with E-state index in [9.17, 15) is 4.79 Å². The van der Waals surface area contributed by atoms with E-state index in [2.05, 4.69) is 30.8 Å². The molecule has 11 heteroatoms. The molecule has 0 aromatic carbocycles. The van der Waals surface area contributed by atoms with Gasteiger partial charge in [-0.15, -0.1) is 0 Å². The van der Waals surface area contributed by atoms with Gasteiger partial charge in [0.25, 0.3) is 0 Å². The summed E-state index contributed by atoms with van der Waals surface area (Å²) in [5, 5.41) is 15.0. The number of pyridine rings is 2. The van der Waals surface area contributed by atoms with Gasteiger partial charge in [0, 0.05) is 18.9 Å². The van der Waals surface area contributed by atoms with E-state index in [1.165, 1.54) is 0 Å². The number of hydrogen-bond acceptors (Lipinski definition) is 6.